The van der Waals surface area contributed by atoms with Crippen LogP contribution in [0.2, 0.25) is 5.02 Å². The number of oxazole rings is 1. The van der Waals surface area contributed by atoms with Crippen molar-refractivity contribution in [2.45, 2.75) is 13.5 Å². The highest BCUT2D eigenvalue weighted by molar-refractivity contribution is 6.31. The minimum atomic E-state index is -0.503. The molecule has 2 rings (SSSR count). The molecule has 0 saturated carbocycles. The second-order valence-corrected chi connectivity index (χ2v) is 4.11. The maximum atomic E-state index is 11.4. The molecular formula is C13H13ClN2O3. The van der Waals surface area contributed by atoms with Crippen LogP contribution in [0.5, 0.6) is 0 Å². The Morgan fingerprint density at radius 2 is 2.26 bits per heavy atom. The first-order chi connectivity index (χ1) is 9.20. The van der Waals surface area contributed by atoms with Crippen molar-refractivity contribution in [3.05, 3.63) is 46.8 Å². The molecule has 1 aromatic heterocycles. The van der Waals surface area contributed by atoms with Crippen LogP contribution >= 0.6 is 11.6 Å². The molecule has 1 heterocycles. The highest BCUT2D eigenvalue weighted by Crippen LogP contribution is 2.17. The second kappa shape index (κ2) is 6.24. The first-order valence-electron chi connectivity index (χ1n) is 5.80. The Bertz CT molecular complexity index is 569. The Balaban J connectivity index is 1.97. The number of carbonyl (C=O) groups excluding carboxylic acids is 1. The fourth-order valence-corrected chi connectivity index (χ4v) is 1.67. The number of nitrogens with zero attached hydrogens (tertiary/aromatic N) is 1. The van der Waals surface area contributed by atoms with Gasteiger partial charge in [0.2, 0.25) is 0 Å². The molecule has 6 heteroatoms. The van der Waals surface area contributed by atoms with Gasteiger partial charge in [-0.1, -0.05) is 29.8 Å². The number of halogens is 1. The summed E-state index contributed by atoms with van der Waals surface area (Å²) in [6, 6.07) is 7.70. The number of ether oxygens (including phenoxy) is 1. The van der Waals surface area contributed by atoms with E-state index in [1.807, 2.05) is 18.2 Å². The molecule has 100 valence electrons. The van der Waals surface area contributed by atoms with Crippen molar-refractivity contribution in [1.82, 2.24) is 4.98 Å². The monoisotopic (exact) mass is 280 g/mol. The molecule has 19 heavy (non-hydrogen) atoms. The van der Waals surface area contributed by atoms with Crippen LogP contribution < -0.4 is 5.32 Å². The first kappa shape index (κ1) is 13.4. The van der Waals surface area contributed by atoms with E-state index in [4.69, 9.17) is 20.8 Å². The van der Waals surface area contributed by atoms with E-state index >= 15 is 0 Å². The number of nitrogens with one attached hydrogen (secondary N) is 1. The zero-order valence-corrected chi connectivity index (χ0v) is 11.1. The van der Waals surface area contributed by atoms with Gasteiger partial charge in [-0.2, -0.15) is 4.98 Å². The number of hydrogen-bond acceptors (Lipinski definition) is 5. The summed E-state index contributed by atoms with van der Waals surface area (Å²) in [5.41, 5.74) is 1.06. The summed E-state index contributed by atoms with van der Waals surface area (Å²) in [5, 5.41) is 3.61. The van der Waals surface area contributed by atoms with Crippen molar-refractivity contribution in [3.8, 4) is 0 Å². The van der Waals surface area contributed by atoms with Crippen molar-refractivity contribution in [2.24, 2.45) is 0 Å². The van der Waals surface area contributed by atoms with E-state index in [2.05, 4.69) is 10.3 Å². The Labute approximate surface area is 115 Å². The average molecular weight is 281 g/mol. The summed E-state index contributed by atoms with van der Waals surface area (Å²) in [6.07, 6.45) is 1.26. The molecule has 0 aliphatic heterocycles. The van der Waals surface area contributed by atoms with E-state index < -0.39 is 5.97 Å². The van der Waals surface area contributed by atoms with E-state index in [0.29, 0.717) is 18.2 Å². The van der Waals surface area contributed by atoms with Crippen molar-refractivity contribution in [1.29, 1.82) is 0 Å². The van der Waals surface area contributed by atoms with Gasteiger partial charge in [0.25, 0.3) is 6.01 Å². The number of rotatable bonds is 5. The summed E-state index contributed by atoms with van der Waals surface area (Å²) in [5.74, 6) is -0.503. The maximum Gasteiger partial charge on any atom is 0.360 e. The van der Waals surface area contributed by atoms with Crippen LogP contribution in [0.3, 0.4) is 0 Å². The van der Waals surface area contributed by atoms with Crippen LogP contribution in [-0.4, -0.2) is 17.6 Å². The molecule has 0 aliphatic carbocycles. The Kier molecular flexibility index (Phi) is 4.41. The zero-order valence-electron chi connectivity index (χ0n) is 10.4. The summed E-state index contributed by atoms with van der Waals surface area (Å²) >= 11 is 6.02. The molecular weight excluding hydrogens is 268 g/mol. The molecule has 1 N–H and O–H groups in total. The van der Waals surface area contributed by atoms with Gasteiger partial charge < -0.3 is 14.5 Å². The van der Waals surface area contributed by atoms with Gasteiger partial charge in [-0.25, -0.2) is 4.79 Å². The third-order valence-electron chi connectivity index (χ3n) is 2.38. The van der Waals surface area contributed by atoms with Crippen LogP contribution in [0.4, 0.5) is 6.01 Å². The lowest BCUT2D eigenvalue weighted by atomic mass is 10.2. The molecule has 1 aromatic carbocycles. The second-order valence-electron chi connectivity index (χ2n) is 3.70. The summed E-state index contributed by atoms with van der Waals surface area (Å²) < 4.78 is 9.94. The highest BCUT2D eigenvalue weighted by atomic mass is 35.5. The topological polar surface area (TPSA) is 64.4 Å². The number of anilines is 1. The minimum Gasteiger partial charge on any atom is -0.461 e. The van der Waals surface area contributed by atoms with Gasteiger partial charge in [-0.15, -0.1) is 0 Å². The van der Waals surface area contributed by atoms with Crippen LogP contribution in [0.15, 0.2) is 34.9 Å². The predicted molar refractivity (Wildman–Crippen MR) is 71.2 cm³/mol. The molecule has 5 nitrogen and oxygen atoms in total. The van der Waals surface area contributed by atoms with Gasteiger partial charge in [0.05, 0.1) is 6.61 Å². The lowest BCUT2D eigenvalue weighted by Crippen LogP contribution is -2.05. The molecule has 0 amide bonds. The fourth-order valence-electron chi connectivity index (χ4n) is 1.47. The average Bonchev–Trinajstić information content (AvgIpc) is 2.87. The zero-order chi connectivity index (χ0) is 13.7. The molecule has 0 spiro atoms. The molecule has 0 aliphatic rings. The first-order valence-corrected chi connectivity index (χ1v) is 6.18. The third kappa shape index (κ3) is 3.48. The SMILES string of the molecule is CCOC(=O)c1coc(NCc2ccccc2Cl)n1. The largest absolute Gasteiger partial charge is 0.461 e. The van der Waals surface area contributed by atoms with Crippen molar-refractivity contribution >= 4 is 23.6 Å². The van der Waals surface area contributed by atoms with Gasteiger partial charge in [-0.05, 0) is 18.6 Å². The van der Waals surface area contributed by atoms with Crippen molar-refractivity contribution in [2.75, 3.05) is 11.9 Å². The van der Waals surface area contributed by atoms with E-state index in [9.17, 15) is 4.79 Å². The van der Waals surface area contributed by atoms with E-state index in [1.54, 1.807) is 13.0 Å². The van der Waals surface area contributed by atoms with E-state index in [0.717, 1.165) is 5.56 Å². The molecule has 0 fully saturated rings. The number of esters is 1. The summed E-state index contributed by atoms with van der Waals surface area (Å²) in [4.78, 5) is 15.4. The van der Waals surface area contributed by atoms with Crippen LogP contribution in [0.25, 0.3) is 0 Å². The quantitative estimate of drug-likeness (QED) is 0.853. The number of carbonyl (C=O) groups is 1. The highest BCUT2D eigenvalue weighted by Gasteiger charge is 2.12. The van der Waals surface area contributed by atoms with Crippen molar-refractivity contribution in [3.63, 3.8) is 0 Å². The lowest BCUT2D eigenvalue weighted by molar-refractivity contribution is 0.0519. The Morgan fingerprint density at radius 1 is 1.47 bits per heavy atom. The van der Waals surface area contributed by atoms with Gasteiger partial charge in [0.15, 0.2) is 5.69 Å². The van der Waals surface area contributed by atoms with Gasteiger partial charge >= 0.3 is 5.97 Å². The molecule has 0 saturated heterocycles. The van der Waals surface area contributed by atoms with E-state index in [-0.39, 0.29) is 11.7 Å². The number of aromatic nitrogens is 1. The normalized spacial score (nSPS) is 10.2. The van der Waals surface area contributed by atoms with Crippen molar-refractivity contribution < 1.29 is 13.9 Å². The van der Waals surface area contributed by atoms with Gasteiger partial charge in [0.1, 0.15) is 6.26 Å². The minimum absolute atomic E-state index is 0.142. The number of benzene rings is 1. The molecule has 0 radical (unpaired) electrons. The van der Waals surface area contributed by atoms with Gasteiger partial charge in [-0.3, -0.25) is 0 Å². The van der Waals surface area contributed by atoms with Crippen LogP contribution in [0, 0.1) is 0 Å². The standard InChI is InChI=1S/C13H13ClN2O3/c1-2-18-12(17)11-8-19-13(16-11)15-7-9-5-3-4-6-10(9)14/h3-6,8H,2,7H2,1H3,(H,15,16). The van der Waals surface area contributed by atoms with Gasteiger partial charge in [0, 0.05) is 11.6 Å². The smallest absolute Gasteiger partial charge is 0.360 e. The van der Waals surface area contributed by atoms with Crippen LogP contribution in [-0.2, 0) is 11.3 Å². The third-order valence-corrected chi connectivity index (χ3v) is 2.75. The van der Waals surface area contributed by atoms with E-state index in [1.165, 1.54) is 6.26 Å². The number of hydrogen-bond donors (Lipinski definition) is 1. The lowest BCUT2D eigenvalue weighted by Gasteiger charge is -2.03. The molecule has 2 aromatic rings. The predicted octanol–water partition coefficient (Wildman–Crippen LogP) is 3.12. The molecule has 0 atom stereocenters. The Hall–Kier alpha value is -2.01. The Morgan fingerprint density at radius 3 is 3.00 bits per heavy atom. The summed E-state index contributed by atoms with van der Waals surface area (Å²) in [6.45, 7) is 2.49. The summed E-state index contributed by atoms with van der Waals surface area (Å²) in [7, 11) is 0. The fraction of sp³-hybridized carbons (Fsp3) is 0.231. The van der Waals surface area contributed by atoms with Crippen LogP contribution in [0.1, 0.15) is 23.0 Å². The molecule has 0 bridgehead atoms. The maximum absolute atomic E-state index is 11.4. The molecule has 0 unspecified atom stereocenters.